The van der Waals surface area contributed by atoms with Gasteiger partial charge in [0.05, 0.1) is 0 Å². The molecule has 2 rings (SSSR count). The molecular formula is C8H7FS. The van der Waals surface area contributed by atoms with Gasteiger partial charge in [-0.15, -0.1) is 0 Å². The van der Waals surface area contributed by atoms with Gasteiger partial charge in [-0.1, -0.05) is 12.1 Å². The summed E-state index contributed by atoms with van der Waals surface area (Å²) in [6.45, 7) is 0. The standard InChI is InChI=1S/C8H7FS/c9-7-3-1-2-6(4-7)8-5-10-8/h1-4,8H,5H2. The van der Waals surface area contributed by atoms with Crippen LogP contribution in [0.15, 0.2) is 24.3 Å². The maximum Gasteiger partial charge on any atom is 0.123 e. The maximum atomic E-state index is 12.5. The molecule has 0 saturated carbocycles. The van der Waals surface area contributed by atoms with Gasteiger partial charge in [0.2, 0.25) is 0 Å². The van der Waals surface area contributed by atoms with E-state index < -0.39 is 0 Å². The summed E-state index contributed by atoms with van der Waals surface area (Å²) < 4.78 is 12.5. The summed E-state index contributed by atoms with van der Waals surface area (Å²) in [6, 6.07) is 6.85. The lowest BCUT2D eigenvalue weighted by atomic mass is 10.2. The van der Waals surface area contributed by atoms with Crippen LogP contribution in [0.5, 0.6) is 0 Å². The minimum Gasteiger partial charge on any atom is -0.207 e. The number of halogens is 1. The SMILES string of the molecule is Fc1cccc(C2CS2)c1. The van der Waals surface area contributed by atoms with Crippen molar-refractivity contribution in [3.8, 4) is 0 Å². The third-order valence-corrected chi connectivity index (χ3v) is 2.49. The van der Waals surface area contributed by atoms with Crippen LogP contribution in [0, 0.1) is 5.82 Å². The third kappa shape index (κ3) is 1.16. The Labute approximate surface area is 63.4 Å². The topological polar surface area (TPSA) is 0 Å². The summed E-state index contributed by atoms with van der Waals surface area (Å²) in [6.07, 6.45) is 0. The minimum absolute atomic E-state index is 0.120. The molecule has 0 aromatic heterocycles. The molecule has 1 atom stereocenters. The lowest BCUT2D eigenvalue weighted by Gasteiger charge is -1.93. The number of hydrogen-bond acceptors (Lipinski definition) is 1. The highest BCUT2D eigenvalue weighted by Gasteiger charge is 2.24. The van der Waals surface area contributed by atoms with Crippen LogP contribution in [0.25, 0.3) is 0 Å². The molecule has 0 spiro atoms. The first kappa shape index (κ1) is 6.23. The van der Waals surface area contributed by atoms with Gasteiger partial charge in [-0.2, -0.15) is 11.8 Å². The van der Waals surface area contributed by atoms with Crippen molar-refractivity contribution in [1.29, 1.82) is 0 Å². The lowest BCUT2D eigenvalue weighted by Crippen LogP contribution is -1.79. The second-order valence-electron chi connectivity index (χ2n) is 2.38. The van der Waals surface area contributed by atoms with E-state index in [1.54, 1.807) is 12.1 Å². The molecule has 1 saturated heterocycles. The minimum atomic E-state index is -0.120. The van der Waals surface area contributed by atoms with Gasteiger partial charge >= 0.3 is 0 Å². The molecule has 0 amide bonds. The molecule has 52 valence electrons. The molecule has 0 bridgehead atoms. The van der Waals surface area contributed by atoms with E-state index in [-0.39, 0.29) is 5.82 Å². The van der Waals surface area contributed by atoms with Gasteiger partial charge in [-0.05, 0) is 17.7 Å². The fourth-order valence-corrected chi connectivity index (χ4v) is 1.58. The second-order valence-corrected chi connectivity index (χ2v) is 3.61. The zero-order valence-electron chi connectivity index (χ0n) is 5.38. The summed E-state index contributed by atoms with van der Waals surface area (Å²) in [5, 5.41) is 0.579. The van der Waals surface area contributed by atoms with Crippen LogP contribution in [-0.4, -0.2) is 5.75 Å². The number of rotatable bonds is 1. The quantitative estimate of drug-likeness (QED) is 0.560. The molecule has 1 heterocycles. The normalized spacial score (nSPS) is 22.7. The molecule has 1 fully saturated rings. The van der Waals surface area contributed by atoms with Crippen molar-refractivity contribution < 1.29 is 4.39 Å². The fourth-order valence-electron chi connectivity index (χ4n) is 0.947. The van der Waals surface area contributed by atoms with Crippen LogP contribution in [0.4, 0.5) is 4.39 Å². The molecule has 1 unspecified atom stereocenters. The van der Waals surface area contributed by atoms with Crippen molar-refractivity contribution in [3.63, 3.8) is 0 Å². The molecule has 1 aromatic rings. The number of hydrogen-bond donors (Lipinski definition) is 0. The van der Waals surface area contributed by atoms with Gasteiger partial charge in [0.15, 0.2) is 0 Å². The Morgan fingerprint density at radius 1 is 1.50 bits per heavy atom. The first-order valence-electron chi connectivity index (χ1n) is 3.23. The van der Waals surface area contributed by atoms with Crippen molar-refractivity contribution in [2.24, 2.45) is 0 Å². The van der Waals surface area contributed by atoms with Crippen molar-refractivity contribution in [1.82, 2.24) is 0 Å². The lowest BCUT2D eigenvalue weighted by molar-refractivity contribution is 0.626. The first-order valence-corrected chi connectivity index (χ1v) is 4.28. The number of benzene rings is 1. The van der Waals surface area contributed by atoms with E-state index in [2.05, 4.69) is 0 Å². The van der Waals surface area contributed by atoms with E-state index in [4.69, 9.17) is 0 Å². The van der Waals surface area contributed by atoms with Crippen molar-refractivity contribution >= 4 is 11.8 Å². The van der Waals surface area contributed by atoms with Crippen LogP contribution < -0.4 is 0 Å². The van der Waals surface area contributed by atoms with E-state index in [1.807, 2.05) is 17.8 Å². The largest absolute Gasteiger partial charge is 0.207 e. The van der Waals surface area contributed by atoms with Crippen molar-refractivity contribution in [2.75, 3.05) is 5.75 Å². The zero-order chi connectivity index (χ0) is 6.97. The zero-order valence-corrected chi connectivity index (χ0v) is 6.20. The summed E-state index contributed by atoms with van der Waals surface area (Å²) >= 11 is 1.86. The molecule has 1 aliphatic rings. The molecule has 0 radical (unpaired) electrons. The van der Waals surface area contributed by atoms with Crippen molar-refractivity contribution in [2.45, 2.75) is 5.25 Å². The molecule has 1 aliphatic heterocycles. The van der Waals surface area contributed by atoms with Gasteiger partial charge < -0.3 is 0 Å². The van der Waals surface area contributed by atoms with Crippen LogP contribution in [0.1, 0.15) is 10.8 Å². The average molecular weight is 154 g/mol. The fraction of sp³-hybridized carbons (Fsp3) is 0.250. The van der Waals surface area contributed by atoms with Crippen LogP contribution in [0.3, 0.4) is 0 Å². The van der Waals surface area contributed by atoms with Gasteiger partial charge in [-0.25, -0.2) is 4.39 Å². The van der Waals surface area contributed by atoms with Crippen LogP contribution >= 0.6 is 11.8 Å². The highest BCUT2D eigenvalue weighted by atomic mass is 32.2. The van der Waals surface area contributed by atoms with E-state index in [9.17, 15) is 4.39 Å². The predicted octanol–water partition coefficient (Wildman–Crippen LogP) is 2.61. The second kappa shape index (κ2) is 2.27. The third-order valence-electron chi connectivity index (χ3n) is 1.55. The molecule has 0 N–H and O–H groups in total. The highest BCUT2D eigenvalue weighted by molar-refractivity contribution is 8.06. The first-order chi connectivity index (χ1) is 4.86. The number of thioether (sulfide) groups is 1. The Kier molecular flexibility index (Phi) is 1.42. The molecule has 2 heteroatoms. The molecular weight excluding hydrogens is 147 g/mol. The Balaban J connectivity index is 2.32. The summed E-state index contributed by atoms with van der Waals surface area (Å²) in [7, 11) is 0. The van der Waals surface area contributed by atoms with E-state index in [0.717, 1.165) is 11.3 Å². The van der Waals surface area contributed by atoms with Gasteiger partial charge in [0.1, 0.15) is 5.82 Å². The Hall–Kier alpha value is -0.500. The van der Waals surface area contributed by atoms with Gasteiger partial charge in [-0.3, -0.25) is 0 Å². The van der Waals surface area contributed by atoms with Crippen LogP contribution in [0.2, 0.25) is 0 Å². The molecule has 10 heavy (non-hydrogen) atoms. The Morgan fingerprint density at radius 3 is 2.90 bits per heavy atom. The summed E-state index contributed by atoms with van der Waals surface area (Å²) in [4.78, 5) is 0. The Morgan fingerprint density at radius 2 is 2.30 bits per heavy atom. The van der Waals surface area contributed by atoms with E-state index >= 15 is 0 Å². The summed E-state index contributed by atoms with van der Waals surface area (Å²) in [5.74, 6) is 1.04. The molecule has 0 aliphatic carbocycles. The average Bonchev–Trinajstić information content (AvgIpc) is 2.68. The van der Waals surface area contributed by atoms with Gasteiger partial charge in [0.25, 0.3) is 0 Å². The van der Waals surface area contributed by atoms with Crippen molar-refractivity contribution in [3.05, 3.63) is 35.6 Å². The van der Waals surface area contributed by atoms with Crippen LogP contribution in [-0.2, 0) is 0 Å². The van der Waals surface area contributed by atoms with E-state index in [0.29, 0.717) is 5.25 Å². The monoisotopic (exact) mass is 154 g/mol. The predicted molar refractivity (Wildman–Crippen MR) is 41.6 cm³/mol. The molecule has 0 nitrogen and oxygen atoms in total. The maximum absolute atomic E-state index is 12.5. The smallest absolute Gasteiger partial charge is 0.123 e. The van der Waals surface area contributed by atoms with E-state index in [1.165, 1.54) is 6.07 Å². The van der Waals surface area contributed by atoms with Gasteiger partial charge in [0, 0.05) is 11.0 Å². The highest BCUT2D eigenvalue weighted by Crippen LogP contribution is 2.45. The Bertz CT molecular complexity index is 243. The summed E-state index contributed by atoms with van der Waals surface area (Å²) in [5.41, 5.74) is 1.13. The molecule has 1 aromatic carbocycles.